The second-order valence-corrected chi connectivity index (χ2v) is 6.39. The molecule has 0 aromatic carbocycles. The summed E-state index contributed by atoms with van der Waals surface area (Å²) in [7, 11) is 0. The van der Waals surface area contributed by atoms with Crippen LogP contribution in [0.5, 0.6) is 0 Å². The Morgan fingerprint density at radius 3 is 2.68 bits per heavy atom. The highest BCUT2D eigenvalue weighted by Gasteiger charge is 2.34. The topological polar surface area (TPSA) is 61.4 Å². The van der Waals surface area contributed by atoms with Crippen molar-refractivity contribution in [3.05, 3.63) is 0 Å². The molecule has 1 saturated heterocycles. The van der Waals surface area contributed by atoms with Gasteiger partial charge in [0.25, 0.3) is 0 Å². The molecule has 0 aromatic heterocycles. The van der Waals surface area contributed by atoms with Gasteiger partial charge in [-0.1, -0.05) is 19.3 Å². The Morgan fingerprint density at radius 2 is 2.05 bits per heavy atom. The van der Waals surface area contributed by atoms with Crippen LogP contribution in [0.3, 0.4) is 0 Å². The molecule has 1 amide bonds. The third kappa shape index (κ3) is 3.93. The number of rotatable bonds is 4. The molecule has 1 aliphatic heterocycles. The number of carbonyl (C=O) groups is 1. The molecule has 3 N–H and O–H groups in total. The van der Waals surface area contributed by atoms with E-state index < -0.39 is 5.54 Å². The average molecular weight is 268 g/mol. The highest BCUT2D eigenvalue weighted by Crippen LogP contribution is 2.26. The monoisotopic (exact) mass is 268 g/mol. The zero-order valence-electron chi connectivity index (χ0n) is 12.1. The van der Waals surface area contributed by atoms with Crippen LogP contribution < -0.4 is 10.6 Å². The summed E-state index contributed by atoms with van der Waals surface area (Å²) in [6.45, 7) is 3.28. The van der Waals surface area contributed by atoms with Crippen molar-refractivity contribution in [1.29, 1.82) is 0 Å². The summed E-state index contributed by atoms with van der Waals surface area (Å²) in [6, 6.07) is 0. The van der Waals surface area contributed by atoms with E-state index in [0.29, 0.717) is 12.5 Å². The third-order valence-electron chi connectivity index (χ3n) is 4.79. The molecule has 0 aromatic rings. The molecule has 0 bridgehead atoms. The minimum Gasteiger partial charge on any atom is -0.391 e. The molecule has 110 valence electrons. The van der Waals surface area contributed by atoms with Crippen molar-refractivity contribution < 1.29 is 9.90 Å². The highest BCUT2D eigenvalue weighted by molar-refractivity contribution is 5.85. The lowest BCUT2D eigenvalue weighted by molar-refractivity contribution is -0.128. The lowest BCUT2D eigenvalue weighted by atomic mass is 9.85. The molecular weight excluding hydrogens is 240 g/mol. The van der Waals surface area contributed by atoms with Crippen LogP contribution in [0, 0.1) is 5.92 Å². The second-order valence-electron chi connectivity index (χ2n) is 6.39. The van der Waals surface area contributed by atoms with Crippen molar-refractivity contribution >= 4 is 5.91 Å². The molecule has 2 aliphatic rings. The largest absolute Gasteiger partial charge is 0.391 e. The van der Waals surface area contributed by atoms with Crippen LogP contribution in [-0.4, -0.2) is 35.7 Å². The first-order valence-electron chi connectivity index (χ1n) is 7.83. The van der Waals surface area contributed by atoms with E-state index >= 15 is 0 Å². The van der Waals surface area contributed by atoms with Gasteiger partial charge >= 0.3 is 0 Å². The number of aliphatic hydroxyl groups excluding tert-OH is 1. The number of piperidine rings is 1. The van der Waals surface area contributed by atoms with E-state index in [2.05, 4.69) is 10.6 Å². The van der Waals surface area contributed by atoms with E-state index in [0.717, 1.165) is 38.6 Å². The SMILES string of the molecule is CC1(C(=O)NCC(O)C2CCCCC2)CCCCN1. The summed E-state index contributed by atoms with van der Waals surface area (Å²) >= 11 is 0. The number of amides is 1. The van der Waals surface area contributed by atoms with E-state index in [4.69, 9.17) is 0 Å². The Hall–Kier alpha value is -0.610. The molecule has 2 fully saturated rings. The van der Waals surface area contributed by atoms with Gasteiger partial charge in [-0.15, -0.1) is 0 Å². The summed E-state index contributed by atoms with van der Waals surface area (Å²) in [5, 5.41) is 16.4. The Balaban J connectivity index is 1.75. The van der Waals surface area contributed by atoms with Crippen LogP contribution in [0.2, 0.25) is 0 Å². The van der Waals surface area contributed by atoms with Crippen molar-refractivity contribution in [3.8, 4) is 0 Å². The average Bonchev–Trinajstić information content (AvgIpc) is 2.46. The molecule has 1 aliphatic carbocycles. The van der Waals surface area contributed by atoms with Crippen LogP contribution >= 0.6 is 0 Å². The van der Waals surface area contributed by atoms with Gasteiger partial charge in [-0.2, -0.15) is 0 Å². The zero-order valence-corrected chi connectivity index (χ0v) is 12.1. The second kappa shape index (κ2) is 6.71. The molecule has 0 spiro atoms. The van der Waals surface area contributed by atoms with Gasteiger partial charge in [-0.3, -0.25) is 4.79 Å². The molecule has 2 rings (SSSR count). The maximum atomic E-state index is 12.2. The molecule has 2 unspecified atom stereocenters. The minimum atomic E-state index is -0.440. The Kier molecular flexibility index (Phi) is 5.22. The first-order chi connectivity index (χ1) is 9.12. The third-order valence-corrected chi connectivity index (χ3v) is 4.79. The maximum absolute atomic E-state index is 12.2. The van der Waals surface area contributed by atoms with Crippen LogP contribution in [-0.2, 0) is 4.79 Å². The van der Waals surface area contributed by atoms with Gasteiger partial charge in [-0.05, 0) is 51.5 Å². The highest BCUT2D eigenvalue weighted by atomic mass is 16.3. The van der Waals surface area contributed by atoms with Crippen molar-refractivity contribution in [3.63, 3.8) is 0 Å². The molecule has 4 heteroatoms. The fourth-order valence-electron chi connectivity index (χ4n) is 3.33. The predicted octanol–water partition coefficient (Wildman–Crippen LogP) is 1.58. The van der Waals surface area contributed by atoms with Gasteiger partial charge < -0.3 is 15.7 Å². The number of carbonyl (C=O) groups excluding carboxylic acids is 1. The van der Waals surface area contributed by atoms with E-state index in [-0.39, 0.29) is 12.0 Å². The molecular formula is C15H28N2O2. The van der Waals surface area contributed by atoms with E-state index in [1.54, 1.807) is 0 Å². The Labute approximate surface area is 116 Å². The fraction of sp³-hybridized carbons (Fsp3) is 0.933. The summed E-state index contributed by atoms with van der Waals surface area (Å²) in [6.07, 6.45) is 8.69. The molecule has 19 heavy (non-hydrogen) atoms. The minimum absolute atomic E-state index is 0.0436. The molecule has 1 saturated carbocycles. The van der Waals surface area contributed by atoms with Gasteiger partial charge in [0.2, 0.25) is 5.91 Å². The molecule has 1 heterocycles. The van der Waals surface area contributed by atoms with Crippen molar-refractivity contribution in [2.75, 3.05) is 13.1 Å². The quantitative estimate of drug-likeness (QED) is 0.725. The smallest absolute Gasteiger partial charge is 0.240 e. The molecule has 2 atom stereocenters. The van der Waals surface area contributed by atoms with E-state index in [1.165, 1.54) is 19.3 Å². The predicted molar refractivity (Wildman–Crippen MR) is 75.9 cm³/mol. The van der Waals surface area contributed by atoms with E-state index in [9.17, 15) is 9.90 Å². The van der Waals surface area contributed by atoms with Crippen molar-refractivity contribution in [2.45, 2.75) is 69.9 Å². The summed E-state index contributed by atoms with van der Waals surface area (Å²) in [5.74, 6) is 0.420. The number of hydrogen-bond acceptors (Lipinski definition) is 3. The van der Waals surface area contributed by atoms with Gasteiger partial charge in [0, 0.05) is 6.54 Å². The van der Waals surface area contributed by atoms with Crippen molar-refractivity contribution in [1.82, 2.24) is 10.6 Å². The summed E-state index contributed by atoms with van der Waals surface area (Å²) in [4.78, 5) is 12.2. The van der Waals surface area contributed by atoms with Gasteiger partial charge in [-0.25, -0.2) is 0 Å². The van der Waals surface area contributed by atoms with Gasteiger partial charge in [0.15, 0.2) is 0 Å². The van der Waals surface area contributed by atoms with E-state index in [1.807, 2.05) is 6.92 Å². The molecule has 4 nitrogen and oxygen atoms in total. The Morgan fingerprint density at radius 1 is 1.32 bits per heavy atom. The lowest BCUT2D eigenvalue weighted by Crippen LogP contribution is -2.58. The number of hydrogen-bond donors (Lipinski definition) is 3. The van der Waals surface area contributed by atoms with Crippen LogP contribution in [0.4, 0.5) is 0 Å². The fourth-order valence-corrected chi connectivity index (χ4v) is 3.33. The number of aliphatic hydroxyl groups is 1. The zero-order chi connectivity index (χ0) is 13.7. The standard InChI is InChI=1S/C15H28N2O2/c1-15(9-5-6-10-17-15)14(19)16-11-13(18)12-7-3-2-4-8-12/h12-13,17-18H,2-11H2,1H3,(H,16,19). The summed E-state index contributed by atoms with van der Waals surface area (Å²) in [5.41, 5.74) is -0.440. The van der Waals surface area contributed by atoms with Gasteiger partial charge in [0.1, 0.15) is 0 Å². The molecule has 0 radical (unpaired) electrons. The van der Waals surface area contributed by atoms with Crippen LogP contribution in [0.1, 0.15) is 58.3 Å². The maximum Gasteiger partial charge on any atom is 0.240 e. The van der Waals surface area contributed by atoms with Gasteiger partial charge in [0.05, 0.1) is 11.6 Å². The lowest BCUT2D eigenvalue weighted by Gasteiger charge is -2.34. The van der Waals surface area contributed by atoms with Crippen LogP contribution in [0.25, 0.3) is 0 Å². The van der Waals surface area contributed by atoms with Crippen molar-refractivity contribution in [2.24, 2.45) is 5.92 Å². The summed E-state index contributed by atoms with van der Waals surface area (Å²) < 4.78 is 0. The van der Waals surface area contributed by atoms with Crippen LogP contribution in [0.15, 0.2) is 0 Å². The number of nitrogens with one attached hydrogen (secondary N) is 2. The normalized spacial score (nSPS) is 30.8. The Bertz CT molecular complexity index is 295. The first-order valence-corrected chi connectivity index (χ1v) is 7.83. The first kappa shape index (κ1) is 14.8.